The SMILES string of the molecule is CCCCCCCOc1ccc(-c2ccc(C=O)cn2)cc1. The molecule has 2 aromatic rings. The summed E-state index contributed by atoms with van der Waals surface area (Å²) in [5.74, 6) is 0.892. The second-order valence-electron chi connectivity index (χ2n) is 5.38. The molecule has 0 bridgehead atoms. The van der Waals surface area contributed by atoms with Gasteiger partial charge in [0.15, 0.2) is 6.29 Å². The van der Waals surface area contributed by atoms with Crippen LogP contribution < -0.4 is 4.74 Å². The first-order valence-corrected chi connectivity index (χ1v) is 7.98. The van der Waals surface area contributed by atoms with Gasteiger partial charge in [-0.1, -0.05) is 32.6 Å². The molecule has 0 fully saturated rings. The Labute approximate surface area is 132 Å². The second kappa shape index (κ2) is 8.98. The topological polar surface area (TPSA) is 39.2 Å². The summed E-state index contributed by atoms with van der Waals surface area (Å²) in [4.78, 5) is 14.9. The lowest BCUT2D eigenvalue weighted by molar-refractivity contribution is 0.112. The molecule has 0 saturated carbocycles. The van der Waals surface area contributed by atoms with Crippen molar-refractivity contribution in [3.8, 4) is 17.0 Å². The van der Waals surface area contributed by atoms with Crippen LogP contribution in [0.2, 0.25) is 0 Å². The first kappa shape index (κ1) is 16.2. The van der Waals surface area contributed by atoms with E-state index in [1.807, 2.05) is 30.3 Å². The zero-order valence-corrected chi connectivity index (χ0v) is 13.1. The second-order valence-corrected chi connectivity index (χ2v) is 5.38. The number of rotatable bonds is 9. The van der Waals surface area contributed by atoms with Gasteiger partial charge in [0, 0.05) is 17.3 Å². The molecule has 0 radical (unpaired) electrons. The number of ether oxygens (including phenoxy) is 1. The minimum Gasteiger partial charge on any atom is -0.494 e. The monoisotopic (exact) mass is 297 g/mol. The molecule has 0 N–H and O–H groups in total. The third-order valence-corrected chi connectivity index (χ3v) is 3.59. The zero-order chi connectivity index (χ0) is 15.6. The van der Waals surface area contributed by atoms with Crippen molar-refractivity contribution in [3.63, 3.8) is 0 Å². The van der Waals surface area contributed by atoms with E-state index in [9.17, 15) is 4.79 Å². The van der Waals surface area contributed by atoms with Gasteiger partial charge in [-0.25, -0.2) is 0 Å². The Balaban J connectivity index is 1.83. The molecule has 1 heterocycles. The van der Waals surface area contributed by atoms with Crippen LogP contribution in [0, 0.1) is 0 Å². The van der Waals surface area contributed by atoms with Gasteiger partial charge in [-0.3, -0.25) is 9.78 Å². The number of unbranched alkanes of at least 4 members (excludes halogenated alkanes) is 4. The maximum Gasteiger partial charge on any atom is 0.151 e. The average molecular weight is 297 g/mol. The Hall–Kier alpha value is -2.16. The highest BCUT2D eigenvalue weighted by Gasteiger charge is 2.01. The number of carbonyl (C=O) groups excluding carboxylic acids is 1. The number of hydrogen-bond acceptors (Lipinski definition) is 3. The standard InChI is InChI=1S/C19H23NO2/c1-2-3-4-5-6-13-22-18-10-8-17(9-11-18)19-12-7-16(15-21)14-20-19/h7-12,14-15H,2-6,13H2,1H3. The van der Waals surface area contributed by atoms with Crippen molar-refractivity contribution >= 4 is 6.29 Å². The van der Waals surface area contributed by atoms with Gasteiger partial charge >= 0.3 is 0 Å². The van der Waals surface area contributed by atoms with E-state index in [2.05, 4.69) is 11.9 Å². The summed E-state index contributed by atoms with van der Waals surface area (Å²) in [7, 11) is 0. The van der Waals surface area contributed by atoms with Crippen LogP contribution in [0.4, 0.5) is 0 Å². The van der Waals surface area contributed by atoms with Gasteiger partial charge in [0.25, 0.3) is 0 Å². The molecular formula is C19H23NO2. The first-order valence-electron chi connectivity index (χ1n) is 7.98. The van der Waals surface area contributed by atoms with Crippen LogP contribution in [-0.4, -0.2) is 17.9 Å². The Morgan fingerprint density at radius 1 is 1.00 bits per heavy atom. The van der Waals surface area contributed by atoms with E-state index in [1.54, 1.807) is 12.3 Å². The van der Waals surface area contributed by atoms with Crippen molar-refractivity contribution < 1.29 is 9.53 Å². The smallest absolute Gasteiger partial charge is 0.151 e. The van der Waals surface area contributed by atoms with Crippen molar-refractivity contribution in [2.45, 2.75) is 39.0 Å². The molecule has 0 saturated heterocycles. The maximum atomic E-state index is 10.6. The maximum absolute atomic E-state index is 10.6. The summed E-state index contributed by atoms with van der Waals surface area (Å²) in [6.07, 6.45) is 8.60. The number of hydrogen-bond donors (Lipinski definition) is 0. The molecule has 0 atom stereocenters. The van der Waals surface area contributed by atoms with Crippen LogP contribution in [0.5, 0.6) is 5.75 Å². The van der Waals surface area contributed by atoms with E-state index in [-0.39, 0.29) is 0 Å². The van der Waals surface area contributed by atoms with Gasteiger partial charge in [-0.15, -0.1) is 0 Å². The molecule has 0 aliphatic heterocycles. The number of benzene rings is 1. The highest BCUT2D eigenvalue weighted by molar-refractivity contribution is 5.75. The van der Waals surface area contributed by atoms with Crippen molar-refractivity contribution in [2.75, 3.05) is 6.61 Å². The molecule has 0 aliphatic carbocycles. The molecule has 1 aromatic heterocycles. The van der Waals surface area contributed by atoms with E-state index in [1.165, 1.54) is 25.7 Å². The zero-order valence-electron chi connectivity index (χ0n) is 13.1. The van der Waals surface area contributed by atoms with Gasteiger partial charge < -0.3 is 4.74 Å². The molecule has 0 spiro atoms. The van der Waals surface area contributed by atoms with Gasteiger partial charge in [0.05, 0.1) is 12.3 Å². The number of carbonyl (C=O) groups is 1. The highest BCUT2D eigenvalue weighted by atomic mass is 16.5. The Bertz CT molecular complexity index is 561. The number of aldehydes is 1. The fourth-order valence-electron chi connectivity index (χ4n) is 2.26. The lowest BCUT2D eigenvalue weighted by Gasteiger charge is -2.07. The Morgan fingerprint density at radius 2 is 1.77 bits per heavy atom. The molecule has 3 heteroatoms. The fourth-order valence-corrected chi connectivity index (χ4v) is 2.26. The average Bonchev–Trinajstić information content (AvgIpc) is 2.59. The molecule has 3 nitrogen and oxygen atoms in total. The van der Waals surface area contributed by atoms with Gasteiger partial charge in [0.1, 0.15) is 5.75 Å². The minimum absolute atomic E-state index is 0.590. The number of nitrogens with zero attached hydrogens (tertiary/aromatic N) is 1. The van der Waals surface area contributed by atoms with Crippen LogP contribution in [0.1, 0.15) is 49.4 Å². The van der Waals surface area contributed by atoms with E-state index in [0.717, 1.165) is 36.3 Å². The molecule has 1 aromatic carbocycles. The quantitative estimate of drug-likeness (QED) is 0.487. The van der Waals surface area contributed by atoms with Gasteiger partial charge in [-0.2, -0.15) is 0 Å². The predicted molar refractivity (Wildman–Crippen MR) is 89.3 cm³/mol. The first-order chi connectivity index (χ1) is 10.8. The molecule has 0 unspecified atom stereocenters. The summed E-state index contributed by atoms with van der Waals surface area (Å²) in [5, 5.41) is 0. The molecular weight excluding hydrogens is 274 g/mol. The van der Waals surface area contributed by atoms with E-state index in [4.69, 9.17) is 4.74 Å². The Kier molecular flexibility index (Phi) is 6.62. The summed E-state index contributed by atoms with van der Waals surface area (Å²) < 4.78 is 5.75. The third-order valence-electron chi connectivity index (χ3n) is 3.59. The Morgan fingerprint density at radius 3 is 2.41 bits per heavy atom. The lowest BCUT2D eigenvalue weighted by atomic mass is 10.1. The number of pyridine rings is 1. The fraction of sp³-hybridized carbons (Fsp3) is 0.368. The van der Waals surface area contributed by atoms with E-state index >= 15 is 0 Å². The molecule has 2 rings (SSSR count). The largest absolute Gasteiger partial charge is 0.494 e. The van der Waals surface area contributed by atoms with Crippen LogP contribution in [0.15, 0.2) is 42.6 Å². The summed E-state index contributed by atoms with van der Waals surface area (Å²) in [6, 6.07) is 11.6. The molecule has 22 heavy (non-hydrogen) atoms. The van der Waals surface area contributed by atoms with Crippen LogP contribution >= 0.6 is 0 Å². The minimum atomic E-state index is 0.590. The lowest BCUT2D eigenvalue weighted by Crippen LogP contribution is -1.97. The van der Waals surface area contributed by atoms with Crippen LogP contribution in [0.3, 0.4) is 0 Å². The molecule has 0 aliphatic rings. The summed E-state index contributed by atoms with van der Waals surface area (Å²) in [6.45, 7) is 2.99. The van der Waals surface area contributed by atoms with Crippen molar-refractivity contribution in [2.24, 2.45) is 0 Å². The summed E-state index contributed by atoms with van der Waals surface area (Å²) >= 11 is 0. The highest BCUT2D eigenvalue weighted by Crippen LogP contribution is 2.21. The predicted octanol–water partition coefficient (Wildman–Crippen LogP) is 4.91. The van der Waals surface area contributed by atoms with Crippen LogP contribution in [-0.2, 0) is 0 Å². The molecule has 0 amide bonds. The summed E-state index contributed by atoms with van der Waals surface area (Å²) in [5.41, 5.74) is 2.47. The van der Waals surface area contributed by atoms with Crippen molar-refractivity contribution in [3.05, 3.63) is 48.2 Å². The van der Waals surface area contributed by atoms with Crippen LogP contribution in [0.25, 0.3) is 11.3 Å². The third kappa shape index (κ3) is 4.99. The normalized spacial score (nSPS) is 10.4. The van der Waals surface area contributed by atoms with E-state index in [0.29, 0.717) is 5.56 Å². The van der Waals surface area contributed by atoms with Gasteiger partial charge in [-0.05, 0) is 42.8 Å². The number of aromatic nitrogens is 1. The van der Waals surface area contributed by atoms with Crippen molar-refractivity contribution in [1.82, 2.24) is 4.98 Å². The van der Waals surface area contributed by atoms with E-state index < -0.39 is 0 Å². The molecule has 116 valence electrons. The van der Waals surface area contributed by atoms with Gasteiger partial charge in [0.2, 0.25) is 0 Å². The van der Waals surface area contributed by atoms with Crippen molar-refractivity contribution in [1.29, 1.82) is 0 Å².